The molecule has 0 unspecified atom stereocenters. The van der Waals surface area contributed by atoms with Crippen molar-refractivity contribution in [1.82, 2.24) is 10.0 Å². The number of benzene rings is 1. The molecule has 0 radical (unpaired) electrons. The monoisotopic (exact) mass is 368 g/mol. The summed E-state index contributed by atoms with van der Waals surface area (Å²) in [6.07, 6.45) is 4.18. The fourth-order valence-electron chi connectivity index (χ4n) is 3.04. The molecular formula is C18H28N2O4S. The summed E-state index contributed by atoms with van der Waals surface area (Å²) >= 11 is 0. The molecule has 7 heteroatoms. The van der Waals surface area contributed by atoms with E-state index in [9.17, 15) is 13.2 Å². The van der Waals surface area contributed by atoms with Crippen molar-refractivity contribution < 1.29 is 17.9 Å². The van der Waals surface area contributed by atoms with Crippen LogP contribution in [0.4, 0.5) is 0 Å². The van der Waals surface area contributed by atoms with Crippen molar-refractivity contribution in [2.75, 3.05) is 20.3 Å². The Labute approximate surface area is 150 Å². The van der Waals surface area contributed by atoms with Crippen molar-refractivity contribution >= 4 is 15.9 Å². The predicted octanol–water partition coefficient (Wildman–Crippen LogP) is 2.23. The van der Waals surface area contributed by atoms with Gasteiger partial charge < -0.3 is 10.1 Å². The number of rotatable bonds is 7. The molecule has 0 bridgehead atoms. The van der Waals surface area contributed by atoms with Gasteiger partial charge in [-0.2, -0.15) is 0 Å². The Balaban J connectivity index is 2.11. The molecule has 0 saturated heterocycles. The van der Waals surface area contributed by atoms with Gasteiger partial charge in [0.25, 0.3) is 5.91 Å². The molecule has 2 rings (SSSR count). The van der Waals surface area contributed by atoms with Crippen LogP contribution >= 0.6 is 0 Å². The molecule has 0 spiro atoms. The Kier molecular flexibility index (Phi) is 6.98. The topological polar surface area (TPSA) is 84.5 Å². The average Bonchev–Trinajstić information content (AvgIpc) is 2.57. The first-order valence-corrected chi connectivity index (χ1v) is 10.2. The van der Waals surface area contributed by atoms with E-state index in [0.717, 1.165) is 31.2 Å². The molecule has 1 saturated carbocycles. The lowest BCUT2D eigenvalue weighted by Crippen LogP contribution is -2.37. The van der Waals surface area contributed by atoms with Crippen molar-refractivity contribution in [1.29, 1.82) is 0 Å². The van der Waals surface area contributed by atoms with Gasteiger partial charge in [0.15, 0.2) is 0 Å². The number of sulfonamides is 1. The maximum absolute atomic E-state index is 12.6. The molecule has 0 atom stereocenters. The van der Waals surface area contributed by atoms with Crippen LogP contribution in [0.15, 0.2) is 23.1 Å². The Morgan fingerprint density at radius 1 is 1.24 bits per heavy atom. The van der Waals surface area contributed by atoms with E-state index in [1.807, 2.05) is 6.92 Å². The molecule has 1 aromatic rings. The van der Waals surface area contributed by atoms with Gasteiger partial charge in [-0.15, -0.1) is 0 Å². The minimum atomic E-state index is -3.66. The lowest BCUT2D eigenvalue weighted by molar-refractivity contribution is 0.0922. The molecule has 1 amide bonds. The predicted molar refractivity (Wildman–Crippen MR) is 97.1 cm³/mol. The van der Waals surface area contributed by atoms with E-state index in [2.05, 4.69) is 17.0 Å². The van der Waals surface area contributed by atoms with E-state index >= 15 is 0 Å². The van der Waals surface area contributed by atoms with Crippen molar-refractivity contribution in [3.63, 3.8) is 0 Å². The van der Waals surface area contributed by atoms with Crippen LogP contribution in [0, 0.1) is 12.8 Å². The number of nitrogens with one attached hydrogen (secondary N) is 2. The Morgan fingerprint density at radius 2 is 1.92 bits per heavy atom. The zero-order chi connectivity index (χ0) is 18.4. The van der Waals surface area contributed by atoms with Gasteiger partial charge in [0.1, 0.15) is 0 Å². The van der Waals surface area contributed by atoms with Crippen LogP contribution in [-0.2, 0) is 14.8 Å². The largest absolute Gasteiger partial charge is 0.383 e. The molecule has 0 aliphatic heterocycles. The van der Waals surface area contributed by atoms with Crippen LogP contribution in [0.5, 0.6) is 0 Å². The maximum Gasteiger partial charge on any atom is 0.251 e. The first-order valence-electron chi connectivity index (χ1n) is 8.73. The van der Waals surface area contributed by atoms with E-state index < -0.39 is 10.0 Å². The number of methoxy groups -OCH3 is 1. The van der Waals surface area contributed by atoms with Gasteiger partial charge in [0, 0.05) is 25.3 Å². The summed E-state index contributed by atoms with van der Waals surface area (Å²) in [4.78, 5) is 12.7. The van der Waals surface area contributed by atoms with Crippen LogP contribution in [0.25, 0.3) is 0 Å². The van der Waals surface area contributed by atoms with Crippen LogP contribution < -0.4 is 10.0 Å². The number of hydrogen-bond donors (Lipinski definition) is 2. The zero-order valence-electron chi connectivity index (χ0n) is 15.2. The quantitative estimate of drug-likeness (QED) is 0.723. The van der Waals surface area contributed by atoms with Crippen LogP contribution in [-0.4, -0.2) is 40.6 Å². The minimum Gasteiger partial charge on any atom is -0.383 e. The number of carbonyl (C=O) groups excluding carboxylic acids is 1. The van der Waals surface area contributed by atoms with E-state index in [4.69, 9.17) is 4.74 Å². The molecule has 1 aliphatic rings. The highest BCUT2D eigenvalue weighted by Crippen LogP contribution is 2.24. The summed E-state index contributed by atoms with van der Waals surface area (Å²) in [6, 6.07) is 4.81. The smallest absolute Gasteiger partial charge is 0.251 e. The second-order valence-corrected chi connectivity index (χ2v) is 8.56. The highest BCUT2D eigenvalue weighted by molar-refractivity contribution is 7.89. The summed E-state index contributed by atoms with van der Waals surface area (Å²) in [5.74, 6) is 0.507. The third-order valence-corrected chi connectivity index (χ3v) is 6.17. The van der Waals surface area contributed by atoms with Crippen LogP contribution in [0.1, 0.15) is 48.5 Å². The average molecular weight is 368 g/mol. The van der Waals surface area contributed by atoms with E-state index in [-0.39, 0.29) is 23.4 Å². The SMILES string of the molecule is COCCNS(=O)(=O)c1ccc(C)c(C(=O)NC2CCC(C)CC2)c1. The highest BCUT2D eigenvalue weighted by atomic mass is 32.2. The number of amides is 1. The zero-order valence-corrected chi connectivity index (χ0v) is 16.0. The van der Waals surface area contributed by atoms with Gasteiger partial charge in [0.2, 0.25) is 10.0 Å². The molecule has 0 heterocycles. The summed E-state index contributed by atoms with van der Waals surface area (Å²) in [7, 11) is -2.15. The molecule has 6 nitrogen and oxygen atoms in total. The fraction of sp³-hybridized carbons (Fsp3) is 0.611. The third kappa shape index (κ3) is 5.52. The highest BCUT2D eigenvalue weighted by Gasteiger charge is 2.22. The first kappa shape index (κ1) is 19.9. The molecule has 25 heavy (non-hydrogen) atoms. The van der Waals surface area contributed by atoms with Crippen LogP contribution in [0.3, 0.4) is 0 Å². The first-order chi connectivity index (χ1) is 11.8. The molecule has 0 aromatic heterocycles. The van der Waals surface area contributed by atoms with Crippen molar-refractivity contribution in [3.8, 4) is 0 Å². The van der Waals surface area contributed by atoms with E-state index in [0.29, 0.717) is 18.1 Å². The number of hydrogen-bond acceptors (Lipinski definition) is 4. The number of ether oxygens (including phenoxy) is 1. The van der Waals surface area contributed by atoms with E-state index in [1.165, 1.54) is 19.2 Å². The van der Waals surface area contributed by atoms with Gasteiger partial charge >= 0.3 is 0 Å². The maximum atomic E-state index is 12.6. The van der Waals surface area contributed by atoms with Gasteiger partial charge in [-0.05, 0) is 56.2 Å². The Morgan fingerprint density at radius 3 is 2.56 bits per heavy atom. The number of carbonyl (C=O) groups is 1. The normalized spacial score (nSPS) is 21.1. The summed E-state index contributed by atoms with van der Waals surface area (Å²) in [5, 5.41) is 3.05. The van der Waals surface area contributed by atoms with Crippen molar-refractivity contribution in [2.24, 2.45) is 5.92 Å². The molecule has 2 N–H and O–H groups in total. The summed E-state index contributed by atoms with van der Waals surface area (Å²) < 4.78 is 32.0. The van der Waals surface area contributed by atoms with Gasteiger partial charge in [0.05, 0.1) is 11.5 Å². The Hall–Kier alpha value is -1.44. The minimum absolute atomic E-state index is 0.0941. The third-order valence-electron chi connectivity index (χ3n) is 4.71. The number of aryl methyl sites for hydroxylation is 1. The molecule has 1 aliphatic carbocycles. The summed E-state index contributed by atoms with van der Waals surface area (Å²) in [6.45, 7) is 4.52. The van der Waals surface area contributed by atoms with Crippen molar-refractivity contribution in [2.45, 2.75) is 50.5 Å². The van der Waals surface area contributed by atoms with Gasteiger partial charge in [-0.1, -0.05) is 13.0 Å². The van der Waals surface area contributed by atoms with Gasteiger partial charge in [-0.3, -0.25) is 4.79 Å². The Bertz CT molecular complexity index is 695. The van der Waals surface area contributed by atoms with Crippen molar-refractivity contribution in [3.05, 3.63) is 29.3 Å². The van der Waals surface area contributed by atoms with Gasteiger partial charge in [-0.25, -0.2) is 13.1 Å². The molecular weight excluding hydrogens is 340 g/mol. The fourth-order valence-corrected chi connectivity index (χ4v) is 4.08. The standard InChI is InChI=1S/C18H28N2O4S/c1-13-4-7-15(8-5-13)20-18(21)17-12-16(9-6-14(17)2)25(22,23)19-10-11-24-3/h6,9,12-13,15,19H,4-5,7-8,10-11H2,1-3H3,(H,20,21). The van der Waals surface area contributed by atoms with E-state index in [1.54, 1.807) is 6.07 Å². The molecule has 1 aromatic carbocycles. The lowest BCUT2D eigenvalue weighted by atomic mass is 9.87. The summed E-state index contributed by atoms with van der Waals surface area (Å²) in [5.41, 5.74) is 1.17. The molecule has 1 fully saturated rings. The van der Waals surface area contributed by atoms with Crippen LogP contribution in [0.2, 0.25) is 0 Å². The second kappa shape index (κ2) is 8.78. The second-order valence-electron chi connectivity index (χ2n) is 6.80. The lowest BCUT2D eigenvalue weighted by Gasteiger charge is -2.27. The molecule has 140 valence electrons.